The number of aliphatic hydroxyl groups is 1. The van der Waals surface area contributed by atoms with Gasteiger partial charge in [0, 0.05) is 30.7 Å². The third kappa shape index (κ3) is 6.20. The SMILES string of the molecule is CCc1cc(Oc2nccn3c(-c4cn(C5CCCC5)nc4C(F)(F)F)cnc23)ccc1C(=O)NCCOCCO. The molecule has 0 atom stereocenters. The van der Waals surface area contributed by atoms with Crippen molar-refractivity contribution in [3.8, 4) is 22.9 Å². The number of aryl methyl sites for hydroxylation is 1. The summed E-state index contributed by atoms with van der Waals surface area (Å²) in [5.74, 6) is 0.244. The average molecular weight is 573 g/mol. The van der Waals surface area contributed by atoms with Gasteiger partial charge in [0.1, 0.15) is 5.75 Å². The molecule has 1 amide bonds. The number of hydrogen-bond donors (Lipinski definition) is 2. The van der Waals surface area contributed by atoms with Crippen LogP contribution in [0.1, 0.15) is 60.3 Å². The Morgan fingerprint density at radius 1 is 1.20 bits per heavy atom. The third-order valence-electron chi connectivity index (χ3n) is 7.06. The number of carbonyl (C=O) groups is 1. The quantitative estimate of drug-likeness (QED) is 0.248. The number of rotatable bonds is 11. The fourth-order valence-electron chi connectivity index (χ4n) is 5.07. The normalized spacial score (nSPS) is 14.2. The molecule has 4 aromatic rings. The van der Waals surface area contributed by atoms with Gasteiger partial charge in [-0.05, 0) is 43.0 Å². The molecule has 41 heavy (non-hydrogen) atoms. The van der Waals surface area contributed by atoms with Crippen molar-refractivity contribution >= 4 is 11.6 Å². The molecule has 2 N–H and O–H groups in total. The summed E-state index contributed by atoms with van der Waals surface area (Å²) in [6.07, 6.45) is 5.24. The lowest BCUT2D eigenvalue weighted by molar-refractivity contribution is -0.141. The number of halogens is 3. The maximum atomic E-state index is 14.0. The van der Waals surface area contributed by atoms with Crippen LogP contribution in [0.4, 0.5) is 13.2 Å². The first-order chi connectivity index (χ1) is 19.8. The summed E-state index contributed by atoms with van der Waals surface area (Å²) in [5.41, 5.74) is 0.683. The molecular formula is C28H31F3N6O4. The summed E-state index contributed by atoms with van der Waals surface area (Å²) in [5, 5.41) is 15.5. The molecule has 0 spiro atoms. The van der Waals surface area contributed by atoms with E-state index in [1.165, 1.54) is 33.9 Å². The molecule has 0 saturated heterocycles. The van der Waals surface area contributed by atoms with Crippen molar-refractivity contribution in [1.29, 1.82) is 0 Å². The van der Waals surface area contributed by atoms with Gasteiger partial charge in [0.05, 0.1) is 43.3 Å². The number of nitrogens with one attached hydrogen (secondary N) is 1. The Labute approximate surface area is 234 Å². The van der Waals surface area contributed by atoms with Crippen molar-refractivity contribution in [3.63, 3.8) is 0 Å². The summed E-state index contributed by atoms with van der Waals surface area (Å²) >= 11 is 0. The van der Waals surface area contributed by atoms with Gasteiger partial charge < -0.3 is 19.9 Å². The molecule has 1 aliphatic rings. The maximum Gasteiger partial charge on any atom is 0.435 e. The molecule has 218 valence electrons. The second-order valence-corrected chi connectivity index (χ2v) is 9.74. The standard InChI is InChI=1S/C28H31F3N6O4/c1-2-18-15-20(7-8-21(18)26(39)32-10-13-40-14-12-38)41-27-25-34-16-23(36(25)11-9-33-27)22-17-37(19-5-3-4-6-19)35-24(22)28(29,30)31/h7-9,11,15-17,19,38H,2-6,10,12-14H2,1H3,(H,32,39). The summed E-state index contributed by atoms with van der Waals surface area (Å²) in [4.78, 5) is 21.3. The number of carbonyl (C=O) groups excluding carboxylic acids is 1. The van der Waals surface area contributed by atoms with Gasteiger partial charge in [0.25, 0.3) is 11.8 Å². The zero-order valence-corrected chi connectivity index (χ0v) is 22.5. The van der Waals surface area contributed by atoms with Gasteiger partial charge in [-0.2, -0.15) is 18.3 Å². The lowest BCUT2D eigenvalue weighted by Gasteiger charge is -2.12. The number of aliphatic hydroxyl groups excluding tert-OH is 1. The van der Waals surface area contributed by atoms with Crippen molar-refractivity contribution in [1.82, 2.24) is 29.5 Å². The van der Waals surface area contributed by atoms with Gasteiger partial charge in [-0.3, -0.25) is 13.9 Å². The molecule has 0 unspecified atom stereocenters. The van der Waals surface area contributed by atoms with Crippen molar-refractivity contribution in [2.45, 2.75) is 51.2 Å². The lowest BCUT2D eigenvalue weighted by Crippen LogP contribution is -2.28. The fourth-order valence-corrected chi connectivity index (χ4v) is 5.07. The number of ether oxygens (including phenoxy) is 2. The molecule has 0 aliphatic heterocycles. The molecule has 10 nitrogen and oxygen atoms in total. The number of nitrogens with zero attached hydrogens (tertiary/aromatic N) is 5. The smallest absolute Gasteiger partial charge is 0.435 e. The molecule has 3 aromatic heterocycles. The van der Waals surface area contributed by atoms with Crippen LogP contribution in [0.5, 0.6) is 11.6 Å². The number of fused-ring (bicyclic) bond motifs is 1. The molecule has 5 rings (SSSR count). The monoisotopic (exact) mass is 572 g/mol. The minimum atomic E-state index is -4.63. The van der Waals surface area contributed by atoms with E-state index in [2.05, 4.69) is 20.4 Å². The summed E-state index contributed by atoms with van der Waals surface area (Å²) in [6.45, 7) is 2.60. The van der Waals surface area contributed by atoms with E-state index >= 15 is 0 Å². The van der Waals surface area contributed by atoms with Crippen molar-refractivity contribution in [2.24, 2.45) is 0 Å². The van der Waals surface area contributed by atoms with Crippen LogP contribution in [0, 0.1) is 0 Å². The summed E-state index contributed by atoms with van der Waals surface area (Å²) in [7, 11) is 0. The van der Waals surface area contributed by atoms with Crippen LogP contribution in [-0.2, 0) is 17.3 Å². The molecule has 0 radical (unpaired) electrons. The highest BCUT2D eigenvalue weighted by molar-refractivity contribution is 5.95. The van der Waals surface area contributed by atoms with E-state index in [1.807, 2.05) is 6.92 Å². The van der Waals surface area contributed by atoms with Gasteiger partial charge in [-0.1, -0.05) is 19.8 Å². The predicted octanol–water partition coefficient (Wildman–Crippen LogP) is 4.82. The van der Waals surface area contributed by atoms with E-state index in [0.29, 0.717) is 24.3 Å². The molecule has 0 bridgehead atoms. The Bertz CT molecular complexity index is 1510. The molecule has 1 aromatic carbocycles. The van der Waals surface area contributed by atoms with Crippen LogP contribution in [0.2, 0.25) is 0 Å². The molecule has 13 heteroatoms. The van der Waals surface area contributed by atoms with E-state index < -0.39 is 11.9 Å². The topological polar surface area (TPSA) is 116 Å². The van der Waals surface area contributed by atoms with E-state index in [9.17, 15) is 18.0 Å². The van der Waals surface area contributed by atoms with Crippen molar-refractivity contribution in [2.75, 3.05) is 26.4 Å². The first-order valence-corrected chi connectivity index (χ1v) is 13.6. The van der Waals surface area contributed by atoms with E-state index in [0.717, 1.165) is 31.2 Å². The van der Waals surface area contributed by atoms with E-state index in [1.54, 1.807) is 18.2 Å². The average Bonchev–Trinajstić information content (AvgIpc) is 3.72. The highest BCUT2D eigenvalue weighted by Gasteiger charge is 2.39. The zero-order valence-electron chi connectivity index (χ0n) is 22.5. The largest absolute Gasteiger partial charge is 0.436 e. The van der Waals surface area contributed by atoms with Crippen LogP contribution >= 0.6 is 0 Å². The number of aromatic nitrogens is 5. The summed E-state index contributed by atoms with van der Waals surface area (Å²) < 4.78 is 56.1. The Balaban J connectivity index is 1.40. The molecule has 1 fully saturated rings. The molecule has 3 heterocycles. The first kappa shape index (κ1) is 28.6. The van der Waals surface area contributed by atoms with Crippen LogP contribution < -0.4 is 10.1 Å². The van der Waals surface area contributed by atoms with E-state index in [4.69, 9.17) is 14.6 Å². The number of imidazole rings is 1. The number of alkyl halides is 3. The van der Waals surface area contributed by atoms with E-state index in [-0.39, 0.29) is 54.6 Å². The van der Waals surface area contributed by atoms with Crippen molar-refractivity contribution < 1.29 is 32.5 Å². The lowest BCUT2D eigenvalue weighted by atomic mass is 10.0. The number of amides is 1. The molecular weight excluding hydrogens is 541 g/mol. The highest BCUT2D eigenvalue weighted by Crippen LogP contribution is 2.39. The second-order valence-electron chi connectivity index (χ2n) is 9.74. The summed E-state index contributed by atoms with van der Waals surface area (Å²) in [6, 6.07) is 4.93. The van der Waals surface area contributed by atoms with Gasteiger partial charge in [0.2, 0.25) is 5.65 Å². The molecule has 1 aliphatic carbocycles. The predicted molar refractivity (Wildman–Crippen MR) is 143 cm³/mol. The minimum Gasteiger partial charge on any atom is -0.436 e. The minimum absolute atomic E-state index is 0.0537. The maximum absolute atomic E-state index is 14.0. The van der Waals surface area contributed by atoms with Crippen LogP contribution in [0.15, 0.2) is 43.0 Å². The van der Waals surface area contributed by atoms with Gasteiger partial charge in [0.15, 0.2) is 5.69 Å². The third-order valence-corrected chi connectivity index (χ3v) is 7.06. The van der Waals surface area contributed by atoms with Gasteiger partial charge >= 0.3 is 6.18 Å². The van der Waals surface area contributed by atoms with Gasteiger partial charge in [-0.25, -0.2) is 9.97 Å². The Morgan fingerprint density at radius 3 is 2.73 bits per heavy atom. The van der Waals surface area contributed by atoms with Crippen LogP contribution in [0.25, 0.3) is 16.9 Å². The Hall–Kier alpha value is -3.97. The Morgan fingerprint density at radius 2 is 2.00 bits per heavy atom. The van der Waals surface area contributed by atoms with Gasteiger partial charge in [-0.15, -0.1) is 0 Å². The van der Waals surface area contributed by atoms with Crippen LogP contribution in [0.3, 0.4) is 0 Å². The zero-order chi connectivity index (χ0) is 29.0. The fraction of sp³-hybridized carbons (Fsp3) is 0.429. The second kappa shape index (κ2) is 12.3. The Kier molecular flexibility index (Phi) is 8.54. The van der Waals surface area contributed by atoms with Crippen LogP contribution in [-0.4, -0.2) is 61.5 Å². The van der Waals surface area contributed by atoms with Crippen molar-refractivity contribution in [3.05, 3.63) is 59.8 Å². The number of benzene rings is 1. The highest BCUT2D eigenvalue weighted by atomic mass is 19.4. The number of hydrogen-bond acceptors (Lipinski definition) is 7. The first-order valence-electron chi connectivity index (χ1n) is 13.6. The molecule has 1 saturated carbocycles.